The van der Waals surface area contributed by atoms with Gasteiger partial charge in [-0.25, -0.2) is 0 Å². The van der Waals surface area contributed by atoms with E-state index in [1.807, 2.05) is 0 Å². The molecule has 2 unspecified atom stereocenters. The molecule has 0 aromatic carbocycles. The van der Waals surface area contributed by atoms with Crippen molar-refractivity contribution < 1.29 is 0 Å². The molecule has 3 aliphatic rings. The zero-order valence-electron chi connectivity index (χ0n) is 8.21. The fourth-order valence-electron chi connectivity index (χ4n) is 4.09. The van der Waals surface area contributed by atoms with Crippen LogP contribution in [0.3, 0.4) is 0 Å². The molecule has 1 heteroatoms. The number of nitrogens with zero attached hydrogens (tertiary/aromatic N) is 1. The maximum absolute atomic E-state index is 2.62. The third-order valence-corrected chi connectivity index (χ3v) is 5.10. The Balaban J connectivity index is 1.89. The Morgan fingerprint density at radius 1 is 1.33 bits per heavy atom. The zero-order chi connectivity index (χ0) is 8.34. The number of piperidine rings is 1. The van der Waals surface area contributed by atoms with E-state index in [1.54, 1.807) is 12.8 Å². The average Bonchev–Trinajstić information content (AvgIpc) is 2.49. The highest BCUT2D eigenvalue weighted by atomic mass is 15.2. The Morgan fingerprint density at radius 2 is 2.08 bits per heavy atom. The molecular formula is C11H19N. The summed E-state index contributed by atoms with van der Waals surface area (Å²) in [6.07, 6.45) is 7.65. The summed E-state index contributed by atoms with van der Waals surface area (Å²) in [7, 11) is 2.32. The predicted octanol–water partition coefficient (Wildman–Crippen LogP) is 2.27. The van der Waals surface area contributed by atoms with Crippen LogP contribution in [0.25, 0.3) is 0 Å². The largest absolute Gasteiger partial charge is 0.300 e. The minimum atomic E-state index is 0.844. The molecule has 1 saturated heterocycles. The van der Waals surface area contributed by atoms with Crippen molar-refractivity contribution in [2.24, 2.45) is 11.3 Å². The Labute approximate surface area is 75.1 Å². The summed E-state index contributed by atoms with van der Waals surface area (Å²) in [6, 6.07) is 1.83. The van der Waals surface area contributed by atoms with Crippen LogP contribution in [0.15, 0.2) is 0 Å². The molecule has 2 bridgehead atoms. The van der Waals surface area contributed by atoms with Crippen LogP contribution in [-0.4, -0.2) is 24.0 Å². The van der Waals surface area contributed by atoms with Gasteiger partial charge in [0.25, 0.3) is 0 Å². The Morgan fingerprint density at radius 3 is 2.50 bits per heavy atom. The lowest BCUT2D eigenvalue weighted by Crippen LogP contribution is -2.48. The minimum absolute atomic E-state index is 0.844. The Bertz CT molecular complexity index is 205. The van der Waals surface area contributed by atoms with Crippen molar-refractivity contribution in [3.63, 3.8) is 0 Å². The van der Waals surface area contributed by atoms with E-state index in [4.69, 9.17) is 0 Å². The first-order valence-corrected chi connectivity index (χ1v) is 5.45. The van der Waals surface area contributed by atoms with Gasteiger partial charge in [-0.15, -0.1) is 0 Å². The molecule has 1 spiro atoms. The molecule has 3 fully saturated rings. The maximum atomic E-state index is 2.62. The standard InChI is InChI=1S/C11H19N/c1-8-10-6-9(12(8)2)7-11(10)4-3-5-11/h8-10H,3-7H2,1-2H3/t8-,9?,10?/m1/s1. The van der Waals surface area contributed by atoms with Crippen LogP contribution in [0.1, 0.15) is 39.0 Å². The molecule has 1 heterocycles. The van der Waals surface area contributed by atoms with E-state index in [0.29, 0.717) is 0 Å². The van der Waals surface area contributed by atoms with Crippen LogP contribution in [-0.2, 0) is 0 Å². The van der Waals surface area contributed by atoms with Crippen molar-refractivity contribution in [1.29, 1.82) is 0 Å². The second-order valence-electron chi connectivity index (χ2n) is 5.32. The van der Waals surface area contributed by atoms with Gasteiger partial charge in [-0.1, -0.05) is 6.42 Å². The molecule has 0 aromatic rings. The molecule has 3 atom stereocenters. The number of hydrogen-bond donors (Lipinski definition) is 0. The van der Waals surface area contributed by atoms with Gasteiger partial charge in [0, 0.05) is 12.1 Å². The van der Waals surface area contributed by atoms with Crippen LogP contribution in [0.2, 0.25) is 0 Å². The molecule has 2 saturated carbocycles. The maximum Gasteiger partial charge on any atom is 0.0104 e. The van der Waals surface area contributed by atoms with Gasteiger partial charge in [0.1, 0.15) is 0 Å². The molecular weight excluding hydrogens is 146 g/mol. The molecule has 0 amide bonds. The molecule has 12 heavy (non-hydrogen) atoms. The molecule has 0 aromatic heterocycles. The van der Waals surface area contributed by atoms with Gasteiger partial charge in [0.15, 0.2) is 0 Å². The second kappa shape index (κ2) is 2.06. The van der Waals surface area contributed by atoms with Crippen molar-refractivity contribution in [3.8, 4) is 0 Å². The van der Waals surface area contributed by atoms with Crippen LogP contribution in [0.5, 0.6) is 0 Å². The van der Waals surface area contributed by atoms with E-state index in [2.05, 4.69) is 18.9 Å². The first kappa shape index (κ1) is 7.37. The van der Waals surface area contributed by atoms with Crippen molar-refractivity contribution in [2.75, 3.05) is 7.05 Å². The summed E-state index contributed by atoms with van der Waals surface area (Å²) in [5.74, 6) is 1.06. The average molecular weight is 165 g/mol. The monoisotopic (exact) mass is 165 g/mol. The quantitative estimate of drug-likeness (QED) is 0.532. The van der Waals surface area contributed by atoms with Crippen molar-refractivity contribution >= 4 is 0 Å². The van der Waals surface area contributed by atoms with E-state index in [0.717, 1.165) is 23.4 Å². The van der Waals surface area contributed by atoms with Crippen molar-refractivity contribution in [3.05, 3.63) is 0 Å². The fraction of sp³-hybridized carbons (Fsp3) is 1.00. The molecule has 2 aliphatic carbocycles. The highest BCUT2D eigenvalue weighted by molar-refractivity contribution is 5.11. The fourth-order valence-corrected chi connectivity index (χ4v) is 4.09. The second-order valence-corrected chi connectivity index (χ2v) is 5.32. The van der Waals surface area contributed by atoms with Gasteiger partial charge in [-0.3, -0.25) is 0 Å². The van der Waals surface area contributed by atoms with E-state index >= 15 is 0 Å². The van der Waals surface area contributed by atoms with E-state index < -0.39 is 0 Å². The SMILES string of the molecule is C[C@@H]1C2CC(CC23CCC3)N1C. The van der Waals surface area contributed by atoms with Gasteiger partial charge < -0.3 is 4.90 Å². The molecule has 0 radical (unpaired) electrons. The lowest BCUT2D eigenvalue weighted by atomic mass is 9.60. The minimum Gasteiger partial charge on any atom is -0.300 e. The summed E-state index contributed by atoms with van der Waals surface area (Å²) in [5.41, 5.74) is 0.844. The molecule has 0 N–H and O–H groups in total. The molecule has 1 aliphatic heterocycles. The lowest BCUT2D eigenvalue weighted by molar-refractivity contribution is -0.000961. The number of likely N-dealkylation sites (tertiary alicyclic amines) is 1. The van der Waals surface area contributed by atoms with Crippen molar-refractivity contribution in [2.45, 2.75) is 51.1 Å². The van der Waals surface area contributed by atoms with Gasteiger partial charge in [-0.05, 0) is 51.0 Å². The normalized spacial score (nSPS) is 50.0. The zero-order valence-corrected chi connectivity index (χ0v) is 8.21. The number of hydrogen-bond acceptors (Lipinski definition) is 1. The smallest absolute Gasteiger partial charge is 0.0104 e. The summed E-state index contributed by atoms with van der Waals surface area (Å²) >= 11 is 0. The Kier molecular flexibility index (Phi) is 1.27. The molecule has 68 valence electrons. The first-order chi connectivity index (χ1) is 5.73. The summed E-state index contributed by atoms with van der Waals surface area (Å²) in [6.45, 7) is 2.43. The number of rotatable bonds is 0. The third kappa shape index (κ3) is 0.654. The van der Waals surface area contributed by atoms with Gasteiger partial charge in [0.2, 0.25) is 0 Å². The molecule has 1 nitrogen and oxygen atoms in total. The van der Waals surface area contributed by atoms with Gasteiger partial charge >= 0.3 is 0 Å². The highest BCUT2D eigenvalue weighted by Gasteiger charge is 2.58. The topological polar surface area (TPSA) is 3.24 Å². The van der Waals surface area contributed by atoms with Crippen LogP contribution < -0.4 is 0 Å². The highest BCUT2D eigenvalue weighted by Crippen LogP contribution is 2.62. The summed E-state index contributed by atoms with van der Waals surface area (Å²) in [4.78, 5) is 2.62. The van der Waals surface area contributed by atoms with Crippen LogP contribution in [0.4, 0.5) is 0 Å². The number of fused-ring (bicyclic) bond motifs is 3. The van der Waals surface area contributed by atoms with Crippen molar-refractivity contribution in [1.82, 2.24) is 4.90 Å². The van der Waals surface area contributed by atoms with Crippen LogP contribution >= 0.6 is 0 Å². The first-order valence-electron chi connectivity index (χ1n) is 5.45. The van der Waals surface area contributed by atoms with E-state index in [1.165, 1.54) is 19.3 Å². The van der Waals surface area contributed by atoms with Gasteiger partial charge in [0.05, 0.1) is 0 Å². The summed E-state index contributed by atoms with van der Waals surface area (Å²) < 4.78 is 0. The van der Waals surface area contributed by atoms with E-state index in [9.17, 15) is 0 Å². The lowest BCUT2D eigenvalue weighted by Gasteiger charge is -2.50. The molecule has 3 rings (SSSR count). The summed E-state index contributed by atoms with van der Waals surface area (Å²) in [5, 5.41) is 0. The van der Waals surface area contributed by atoms with Crippen LogP contribution in [0, 0.1) is 11.3 Å². The van der Waals surface area contributed by atoms with Gasteiger partial charge in [-0.2, -0.15) is 0 Å². The predicted molar refractivity (Wildman–Crippen MR) is 50.0 cm³/mol. The third-order valence-electron chi connectivity index (χ3n) is 5.10. The Hall–Kier alpha value is -0.0400. The van der Waals surface area contributed by atoms with E-state index in [-0.39, 0.29) is 0 Å².